The second kappa shape index (κ2) is 8.97. The van der Waals surface area contributed by atoms with Crippen molar-refractivity contribution < 1.29 is 9.53 Å². The highest BCUT2D eigenvalue weighted by molar-refractivity contribution is 14.0. The predicted molar refractivity (Wildman–Crippen MR) is 120 cm³/mol. The minimum Gasteiger partial charge on any atom is -0.444 e. The van der Waals surface area contributed by atoms with Crippen molar-refractivity contribution in [2.45, 2.75) is 45.9 Å². The average Bonchev–Trinajstić information content (AvgIpc) is 2.96. The molecule has 0 aromatic carbocycles. The molecule has 28 heavy (non-hydrogen) atoms. The maximum Gasteiger partial charge on any atom is 0.410 e. The molecule has 0 atom stereocenters. The van der Waals surface area contributed by atoms with Gasteiger partial charge in [0.2, 0.25) is 0 Å². The van der Waals surface area contributed by atoms with Gasteiger partial charge in [-0.2, -0.15) is 0 Å². The van der Waals surface area contributed by atoms with E-state index < -0.39 is 5.60 Å². The predicted octanol–water partition coefficient (Wildman–Crippen LogP) is 2.55. The number of aryl methyl sites for hydroxylation is 1. The SMILES string of the molecule is CN=C(NCc1cn2c(C)cccc2n1)NC1CN(C(=O)OC(C)(C)C)C1.I. The first-order chi connectivity index (χ1) is 12.7. The summed E-state index contributed by atoms with van der Waals surface area (Å²) in [7, 11) is 1.73. The molecule has 0 bridgehead atoms. The number of fused-ring (bicyclic) bond motifs is 1. The van der Waals surface area contributed by atoms with Crippen LogP contribution in [0.1, 0.15) is 32.2 Å². The van der Waals surface area contributed by atoms with Crippen molar-refractivity contribution >= 4 is 41.7 Å². The fourth-order valence-electron chi connectivity index (χ4n) is 2.89. The Bertz CT molecular complexity index is 852. The van der Waals surface area contributed by atoms with Crippen molar-refractivity contribution in [2.24, 2.45) is 4.99 Å². The fraction of sp³-hybridized carbons (Fsp3) is 0.526. The van der Waals surface area contributed by atoms with Gasteiger partial charge in [0.25, 0.3) is 0 Å². The zero-order chi connectivity index (χ0) is 19.6. The Hall–Kier alpha value is -2.04. The third-order valence-electron chi connectivity index (χ3n) is 4.28. The third kappa shape index (κ3) is 5.49. The summed E-state index contributed by atoms with van der Waals surface area (Å²) in [6, 6.07) is 6.21. The molecule has 2 aromatic heterocycles. The van der Waals surface area contributed by atoms with Crippen LogP contribution in [-0.4, -0.2) is 58.1 Å². The van der Waals surface area contributed by atoms with Crippen LogP contribution in [0.4, 0.5) is 4.79 Å². The lowest BCUT2D eigenvalue weighted by Crippen LogP contribution is -2.63. The molecule has 1 fully saturated rings. The Labute approximate surface area is 182 Å². The van der Waals surface area contributed by atoms with Gasteiger partial charge in [0.05, 0.1) is 18.3 Å². The summed E-state index contributed by atoms with van der Waals surface area (Å²) in [6.07, 6.45) is 1.75. The quantitative estimate of drug-likeness (QED) is 0.385. The first-order valence-corrected chi connectivity index (χ1v) is 9.14. The average molecular weight is 500 g/mol. The Morgan fingerprint density at radius 1 is 1.36 bits per heavy atom. The Balaban J connectivity index is 0.00000280. The number of nitrogens with one attached hydrogen (secondary N) is 2. The van der Waals surface area contributed by atoms with Gasteiger partial charge in [0.15, 0.2) is 5.96 Å². The molecule has 1 amide bonds. The number of guanidine groups is 1. The lowest BCUT2D eigenvalue weighted by atomic mass is 10.1. The number of hydrogen-bond acceptors (Lipinski definition) is 4. The van der Waals surface area contributed by atoms with E-state index >= 15 is 0 Å². The van der Waals surface area contributed by atoms with Crippen LogP contribution in [0, 0.1) is 6.92 Å². The van der Waals surface area contributed by atoms with Crippen molar-refractivity contribution in [3.05, 3.63) is 35.8 Å². The minimum absolute atomic E-state index is 0. The van der Waals surface area contributed by atoms with E-state index in [-0.39, 0.29) is 36.1 Å². The standard InChI is InChI=1S/C19H28N6O2.HI/c1-13-7-6-8-16-22-14(12-25(13)16)9-21-17(20-5)23-15-10-24(11-15)18(26)27-19(2,3)4;/h6-8,12,15H,9-11H2,1-5H3,(H2,20,21,23);1H. The number of aliphatic imine (C=N–C) groups is 1. The second-order valence-electron chi connectivity index (χ2n) is 7.78. The Morgan fingerprint density at radius 2 is 2.07 bits per heavy atom. The van der Waals surface area contributed by atoms with Gasteiger partial charge in [-0.05, 0) is 39.8 Å². The van der Waals surface area contributed by atoms with Crippen LogP contribution in [0.15, 0.2) is 29.4 Å². The number of hydrogen-bond donors (Lipinski definition) is 2. The number of carbonyl (C=O) groups is 1. The number of halogens is 1. The normalized spacial score (nSPS) is 15.0. The molecule has 154 valence electrons. The number of nitrogens with zero attached hydrogens (tertiary/aromatic N) is 4. The maximum absolute atomic E-state index is 12.0. The molecule has 0 unspecified atom stereocenters. The van der Waals surface area contributed by atoms with Crippen LogP contribution >= 0.6 is 24.0 Å². The molecule has 9 heteroatoms. The van der Waals surface area contributed by atoms with E-state index in [9.17, 15) is 4.79 Å². The van der Waals surface area contributed by atoms with E-state index in [0.717, 1.165) is 17.0 Å². The molecule has 3 heterocycles. The number of amides is 1. The molecule has 1 aliphatic rings. The summed E-state index contributed by atoms with van der Waals surface area (Å²) in [4.78, 5) is 22.5. The van der Waals surface area contributed by atoms with Crippen molar-refractivity contribution in [3.8, 4) is 0 Å². The topological polar surface area (TPSA) is 83.3 Å². The molecule has 2 N–H and O–H groups in total. The molecular formula is C19H29IN6O2. The summed E-state index contributed by atoms with van der Waals surface area (Å²) in [5.74, 6) is 0.692. The van der Waals surface area contributed by atoms with Gasteiger partial charge in [0, 0.05) is 32.0 Å². The van der Waals surface area contributed by atoms with Crippen molar-refractivity contribution in [3.63, 3.8) is 0 Å². The molecule has 0 radical (unpaired) electrons. The van der Waals surface area contributed by atoms with Gasteiger partial charge < -0.3 is 24.7 Å². The second-order valence-corrected chi connectivity index (χ2v) is 7.78. The van der Waals surface area contributed by atoms with Crippen LogP contribution in [0.25, 0.3) is 5.65 Å². The highest BCUT2D eigenvalue weighted by atomic mass is 127. The molecule has 1 aliphatic heterocycles. The first-order valence-electron chi connectivity index (χ1n) is 9.14. The number of carbonyl (C=O) groups excluding carboxylic acids is 1. The van der Waals surface area contributed by atoms with Crippen LogP contribution in [0.5, 0.6) is 0 Å². The van der Waals surface area contributed by atoms with Gasteiger partial charge in [-0.3, -0.25) is 4.99 Å². The molecule has 0 spiro atoms. The summed E-state index contributed by atoms with van der Waals surface area (Å²) >= 11 is 0. The zero-order valence-corrected chi connectivity index (χ0v) is 19.4. The lowest BCUT2D eigenvalue weighted by Gasteiger charge is -2.40. The number of pyridine rings is 1. The van der Waals surface area contributed by atoms with E-state index in [0.29, 0.717) is 25.6 Å². The fourth-order valence-corrected chi connectivity index (χ4v) is 2.89. The summed E-state index contributed by atoms with van der Waals surface area (Å²) in [5, 5.41) is 6.60. The number of likely N-dealkylation sites (tertiary alicyclic amines) is 1. The number of aromatic nitrogens is 2. The van der Waals surface area contributed by atoms with Gasteiger partial charge in [-0.25, -0.2) is 9.78 Å². The summed E-state index contributed by atoms with van der Waals surface area (Å²) < 4.78 is 7.44. The monoisotopic (exact) mass is 500 g/mol. The van der Waals surface area contributed by atoms with E-state index in [4.69, 9.17) is 4.74 Å². The minimum atomic E-state index is -0.473. The maximum atomic E-state index is 12.0. The molecule has 8 nitrogen and oxygen atoms in total. The number of ether oxygens (including phenoxy) is 1. The number of imidazole rings is 1. The van der Waals surface area contributed by atoms with Gasteiger partial charge in [0.1, 0.15) is 11.2 Å². The molecule has 0 aliphatic carbocycles. The Morgan fingerprint density at radius 3 is 2.68 bits per heavy atom. The first kappa shape index (κ1) is 22.3. The van der Waals surface area contributed by atoms with Gasteiger partial charge in [-0.15, -0.1) is 24.0 Å². The number of rotatable bonds is 3. The Kier molecular flexibility index (Phi) is 7.13. The van der Waals surface area contributed by atoms with Crippen LogP contribution in [0.3, 0.4) is 0 Å². The van der Waals surface area contributed by atoms with Crippen LogP contribution in [-0.2, 0) is 11.3 Å². The lowest BCUT2D eigenvalue weighted by molar-refractivity contribution is 0.00701. The third-order valence-corrected chi connectivity index (χ3v) is 4.28. The highest BCUT2D eigenvalue weighted by Gasteiger charge is 2.34. The van der Waals surface area contributed by atoms with Crippen molar-refractivity contribution in [2.75, 3.05) is 20.1 Å². The largest absolute Gasteiger partial charge is 0.444 e. The van der Waals surface area contributed by atoms with E-state index in [1.54, 1.807) is 11.9 Å². The molecule has 2 aromatic rings. The molecular weight excluding hydrogens is 471 g/mol. The van der Waals surface area contributed by atoms with Gasteiger partial charge in [-0.1, -0.05) is 6.07 Å². The van der Waals surface area contributed by atoms with Gasteiger partial charge >= 0.3 is 6.09 Å². The molecule has 0 saturated carbocycles. The zero-order valence-electron chi connectivity index (χ0n) is 17.0. The highest BCUT2D eigenvalue weighted by Crippen LogP contribution is 2.15. The van der Waals surface area contributed by atoms with E-state index in [2.05, 4.69) is 38.0 Å². The van der Waals surface area contributed by atoms with Crippen molar-refractivity contribution in [1.82, 2.24) is 24.9 Å². The van der Waals surface area contributed by atoms with Crippen LogP contribution < -0.4 is 10.6 Å². The van der Waals surface area contributed by atoms with Crippen molar-refractivity contribution in [1.29, 1.82) is 0 Å². The molecule has 1 saturated heterocycles. The summed E-state index contributed by atoms with van der Waals surface area (Å²) in [5.41, 5.74) is 2.54. The van der Waals surface area contributed by atoms with Crippen LogP contribution in [0.2, 0.25) is 0 Å². The van der Waals surface area contributed by atoms with E-state index in [1.807, 2.05) is 39.1 Å². The summed E-state index contributed by atoms with van der Waals surface area (Å²) in [6.45, 7) is 9.43. The molecule has 3 rings (SSSR count). The smallest absolute Gasteiger partial charge is 0.410 e. The van der Waals surface area contributed by atoms with E-state index in [1.165, 1.54) is 0 Å².